The lowest BCUT2D eigenvalue weighted by atomic mass is 9.99. The van der Waals surface area contributed by atoms with Crippen LogP contribution in [0.25, 0.3) is 5.65 Å². The van der Waals surface area contributed by atoms with Gasteiger partial charge < -0.3 is 10.6 Å². The van der Waals surface area contributed by atoms with Crippen LogP contribution in [0.5, 0.6) is 0 Å². The highest BCUT2D eigenvalue weighted by molar-refractivity contribution is 5.52. The molecule has 4 nitrogen and oxygen atoms in total. The number of nitrogens with zero attached hydrogens (tertiary/aromatic N) is 3. The van der Waals surface area contributed by atoms with Gasteiger partial charge in [-0.3, -0.25) is 4.40 Å². The lowest BCUT2D eigenvalue weighted by Crippen LogP contribution is -2.46. The molecule has 0 aromatic carbocycles. The molecule has 2 aromatic rings. The van der Waals surface area contributed by atoms with Crippen molar-refractivity contribution in [3.8, 4) is 0 Å². The Morgan fingerprint density at radius 1 is 1.41 bits per heavy atom. The molecule has 2 aromatic heterocycles. The summed E-state index contributed by atoms with van der Waals surface area (Å²) in [5.41, 5.74) is 7.02. The average molecular weight is 230 g/mol. The topological polar surface area (TPSA) is 46.6 Å². The first-order chi connectivity index (χ1) is 8.25. The lowest BCUT2D eigenvalue weighted by molar-refractivity contribution is 0.426. The zero-order valence-electron chi connectivity index (χ0n) is 10.1. The average Bonchev–Trinajstić information content (AvgIpc) is 2.77. The van der Waals surface area contributed by atoms with Gasteiger partial charge in [0.05, 0.1) is 0 Å². The van der Waals surface area contributed by atoms with Crippen LogP contribution in [0.4, 0.5) is 5.82 Å². The number of imidazole rings is 1. The maximum absolute atomic E-state index is 6.01. The number of hydrogen-bond donors (Lipinski definition) is 1. The molecule has 1 aliphatic heterocycles. The molecule has 0 spiro atoms. The standard InChI is InChI=1S/C13H18N4/c1-10-9-11(14)5-7-16(10)13-4-2-3-12-15-6-8-17(12)13/h2-4,6,8,10-11H,5,7,9,14H2,1H3. The second-order valence-electron chi connectivity index (χ2n) is 4.87. The molecule has 90 valence electrons. The third-order valence-electron chi connectivity index (χ3n) is 3.62. The molecule has 4 heteroatoms. The van der Waals surface area contributed by atoms with Gasteiger partial charge in [0, 0.05) is 31.0 Å². The fourth-order valence-electron chi connectivity index (χ4n) is 2.72. The van der Waals surface area contributed by atoms with E-state index in [0.29, 0.717) is 12.1 Å². The van der Waals surface area contributed by atoms with Gasteiger partial charge in [-0.25, -0.2) is 4.98 Å². The Balaban J connectivity index is 2.00. The van der Waals surface area contributed by atoms with E-state index in [-0.39, 0.29) is 0 Å². The highest BCUT2D eigenvalue weighted by atomic mass is 15.3. The Morgan fingerprint density at radius 3 is 3.12 bits per heavy atom. The van der Waals surface area contributed by atoms with Gasteiger partial charge in [0.1, 0.15) is 11.5 Å². The van der Waals surface area contributed by atoms with E-state index in [1.807, 2.05) is 18.5 Å². The van der Waals surface area contributed by atoms with Crippen molar-refractivity contribution < 1.29 is 0 Å². The first-order valence-corrected chi connectivity index (χ1v) is 6.20. The number of nitrogens with two attached hydrogens (primary N) is 1. The van der Waals surface area contributed by atoms with E-state index in [1.165, 1.54) is 5.82 Å². The summed E-state index contributed by atoms with van der Waals surface area (Å²) >= 11 is 0. The number of piperidine rings is 1. The van der Waals surface area contributed by atoms with Gasteiger partial charge in [0.25, 0.3) is 0 Å². The number of rotatable bonds is 1. The van der Waals surface area contributed by atoms with Crippen molar-refractivity contribution in [2.45, 2.75) is 31.8 Å². The summed E-state index contributed by atoms with van der Waals surface area (Å²) < 4.78 is 2.15. The third kappa shape index (κ3) is 1.78. The highest BCUT2D eigenvalue weighted by Gasteiger charge is 2.24. The van der Waals surface area contributed by atoms with Crippen LogP contribution >= 0.6 is 0 Å². The van der Waals surface area contributed by atoms with Crippen LogP contribution < -0.4 is 10.6 Å². The molecule has 2 N–H and O–H groups in total. The summed E-state index contributed by atoms with van der Waals surface area (Å²) in [6.07, 6.45) is 5.99. The second kappa shape index (κ2) is 4.04. The normalized spacial score (nSPS) is 25.4. The number of hydrogen-bond acceptors (Lipinski definition) is 3. The lowest BCUT2D eigenvalue weighted by Gasteiger charge is -2.38. The zero-order valence-corrected chi connectivity index (χ0v) is 10.1. The maximum Gasteiger partial charge on any atom is 0.138 e. The largest absolute Gasteiger partial charge is 0.355 e. The second-order valence-corrected chi connectivity index (χ2v) is 4.87. The Hall–Kier alpha value is -1.55. The predicted octanol–water partition coefficient (Wildman–Crippen LogP) is 1.65. The molecule has 0 radical (unpaired) electrons. The van der Waals surface area contributed by atoms with E-state index in [2.05, 4.69) is 33.3 Å². The molecule has 2 atom stereocenters. The minimum Gasteiger partial charge on any atom is -0.355 e. The first kappa shape index (κ1) is 10.6. The Labute approximate surface area is 101 Å². The van der Waals surface area contributed by atoms with Crippen LogP contribution in [0.1, 0.15) is 19.8 Å². The van der Waals surface area contributed by atoms with E-state index in [4.69, 9.17) is 5.73 Å². The van der Waals surface area contributed by atoms with Crippen molar-refractivity contribution in [2.24, 2.45) is 5.73 Å². The van der Waals surface area contributed by atoms with Gasteiger partial charge in [-0.15, -0.1) is 0 Å². The molecular formula is C13H18N4. The molecule has 1 saturated heterocycles. The van der Waals surface area contributed by atoms with Crippen LogP contribution in [0.15, 0.2) is 30.6 Å². The molecule has 0 saturated carbocycles. The van der Waals surface area contributed by atoms with Crippen LogP contribution in [0, 0.1) is 0 Å². The Bertz CT molecular complexity index is 519. The molecular weight excluding hydrogens is 212 g/mol. The van der Waals surface area contributed by atoms with E-state index in [0.717, 1.165) is 25.0 Å². The van der Waals surface area contributed by atoms with E-state index < -0.39 is 0 Å². The smallest absolute Gasteiger partial charge is 0.138 e. The monoisotopic (exact) mass is 230 g/mol. The third-order valence-corrected chi connectivity index (χ3v) is 3.62. The Kier molecular flexibility index (Phi) is 2.52. The Morgan fingerprint density at radius 2 is 2.29 bits per heavy atom. The van der Waals surface area contributed by atoms with Crippen molar-refractivity contribution in [1.82, 2.24) is 9.38 Å². The summed E-state index contributed by atoms with van der Waals surface area (Å²) in [4.78, 5) is 6.75. The zero-order chi connectivity index (χ0) is 11.8. The number of anilines is 1. The van der Waals surface area contributed by atoms with E-state index >= 15 is 0 Å². The summed E-state index contributed by atoms with van der Waals surface area (Å²) in [5.74, 6) is 1.22. The van der Waals surface area contributed by atoms with Gasteiger partial charge >= 0.3 is 0 Å². The molecule has 3 heterocycles. The highest BCUT2D eigenvalue weighted by Crippen LogP contribution is 2.24. The van der Waals surface area contributed by atoms with Gasteiger partial charge in [-0.2, -0.15) is 0 Å². The summed E-state index contributed by atoms with van der Waals surface area (Å²) in [6, 6.07) is 7.10. The summed E-state index contributed by atoms with van der Waals surface area (Å²) in [7, 11) is 0. The SMILES string of the molecule is CC1CC(N)CCN1c1cccc2nccn12. The molecule has 0 bridgehead atoms. The number of aromatic nitrogens is 2. The number of pyridine rings is 1. The molecule has 1 aliphatic rings. The van der Waals surface area contributed by atoms with Crippen molar-refractivity contribution in [2.75, 3.05) is 11.4 Å². The summed E-state index contributed by atoms with van der Waals surface area (Å²) in [5, 5.41) is 0. The van der Waals surface area contributed by atoms with Crippen LogP contribution in [0.3, 0.4) is 0 Å². The minimum absolute atomic E-state index is 0.350. The molecule has 2 unspecified atom stereocenters. The quantitative estimate of drug-likeness (QED) is 0.810. The van der Waals surface area contributed by atoms with Crippen molar-refractivity contribution in [3.63, 3.8) is 0 Å². The first-order valence-electron chi connectivity index (χ1n) is 6.20. The maximum atomic E-state index is 6.01. The predicted molar refractivity (Wildman–Crippen MR) is 69.2 cm³/mol. The fraction of sp³-hybridized carbons (Fsp3) is 0.462. The fourth-order valence-corrected chi connectivity index (χ4v) is 2.72. The van der Waals surface area contributed by atoms with E-state index in [1.54, 1.807) is 0 Å². The van der Waals surface area contributed by atoms with Crippen LogP contribution in [0.2, 0.25) is 0 Å². The van der Waals surface area contributed by atoms with Crippen molar-refractivity contribution in [3.05, 3.63) is 30.6 Å². The molecule has 0 aliphatic carbocycles. The molecule has 0 amide bonds. The van der Waals surface area contributed by atoms with Crippen LogP contribution in [-0.2, 0) is 0 Å². The van der Waals surface area contributed by atoms with Gasteiger partial charge in [0.2, 0.25) is 0 Å². The van der Waals surface area contributed by atoms with Gasteiger partial charge in [-0.05, 0) is 31.9 Å². The van der Waals surface area contributed by atoms with E-state index in [9.17, 15) is 0 Å². The van der Waals surface area contributed by atoms with Gasteiger partial charge in [0.15, 0.2) is 0 Å². The minimum atomic E-state index is 0.350. The number of fused-ring (bicyclic) bond motifs is 1. The molecule has 17 heavy (non-hydrogen) atoms. The van der Waals surface area contributed by atoms with Crippen LogP contribution in [-0.4, -0.2) is 28.0 Å². The molecule has 1 fully saturated rings. The van der Waals surface area contributed by atoms with Crippen molar-refractivity contribution >= 4 is 11.5 Å². The summed E-state index contributed by atoms with van der Waals surface area (Å²) in [6.45, 7) is 3.27. The molecule has 3 rings (SSSR count). The van der Waals surface area contributed by atoms with Gasteiger partial charge in [-0.1, -0.05) is 6.07 Å². The van der Waals surface area contributed by atoms with Crippen molar-refractivity contribution in [1.29, 1.82) is 0 Å².